The highest BCUT2D eigenvalue weighted by Gasteiger charge is 2.45. The SMILES string of the molecule is COc1cccc2c1CC1CCCCC2(C)C1N. The van der Waals surface area contributed by atoms with E-state index >= 15 is 0 Å². The van der Waals surface area contributed by atoms with Crippen molar-refractivity contribution in [2.75, 3.05) is 7.11 Å². The second kappa shape index (κ2) is 4.27. The number of rotatable bonds is 1. The summed E-state index contributed by atoms with van der Waals surface area (Å²) >= 11 is 0. The molecule has 2 aliphatic carbocycles. The molecule has 3 atom stereocenters. The third-order valence-electron chi connectivity index (χ3n) is 5.20. The van der Waals surface area contributed by atoms with Crippen molar-refractivity contribution in [3.8, 4) is 5.75 Å². The minimum absolute atomic E-state index is 0.142. The lowest BCUT2D eigenvalue weighted by molar-refractivity contribution is 0.250. The van der Waals surface area contributed by atoms with Crippen molar-refractivity contribution in [1.82, 2.24) is 0 Å². The highest BCUT2D eigenvalue weighted by Crippen LogP contribution is 2.48. The predicted octanol–water partition coefficient (Wildman–Crippen LogP) is 3.03. The van der Waals surface area contributed by atoms with Gasteiger partial charge >= 0.3 is 0 Å². The lowest BCUT2D eigenvalue weighted by Gasteiger charge is -2.44. The molecule has 2 aliphatic rings. The van der Waals surface area contributed by atoms with Crippen molar-refractivity contribution in [3.63, 3.8) is 0 Å². The van der Waals surface area contributed by atoms with Crippen LogP contribution in [0.15, 0.2) is 18.2 Å². The molecule has 2 bridgehead atoms. The first-order chi connectivity index (χ1) is 8.66. The molecule has 0 saturated heterocycles. The van der Waals surface area contributed by atoms with Crippen LogP contribution < -0.4 is 10.5 Å². The Morgan fingerprint density at radius 2 is 2.17 bits per heavy atom. The van der Waals surface area contributed by atoms with Gasteiger partial charge < -0.3 is 10.5 Å². The van der Waals surface area contributed by atoms with Gasteiger partial charge in [-0.1, -0.05) is 31.9 Å². The first kappa shape index (κ1) is 12.0. The number of nitrogens with two attached hydrogens (primary N) is 1. The highest BCUT2D eigenvalue weighted by atomic mass is 16.5. The Balaban J connectivity index is 2.17. The molecule has 1 aromatic carbocycles. The second-order valence-electron chi connectivity index (χ2n) is 6.14. The van der Waals surface area contributed by atoms with E-state index in [9.17, 15) is 0 Å². The summed E-state index contributed by atoms with van der Waals surface area (Å²) in [5, 5.41) is 0. The van der Waals surface area contributed by atoms with Gasteiger partial charge in [0.2, 0.25) is 0 Å². The monoisotopic (exact) mass is 245 g/mol. The van der Waals surface area contributed by atoms with E-state index in [0.717, 1.165) is 12.2 Å². The molecule has 2 nitrogen and oxygen atoms in total. The fraction of sp³-hybridized carbons (Fsp3) is 0.625. The van der Waals surface area contributed by atoms with Crippen LogP contribution in [0.5, 0.6) is 5.75 Å². The number of methoxy groups -OCH3 is 1. The zero-order valence-electron chi connectivity index (χ0n) is 11.4. The van der Waals surface area contributed by atoms with Crippen LogP contribution in [0.25, 0.3) is 0 Å². The first-order valence-electron chi connectivity index (χ1n) is 7.09. The number of ether oxygens (including phenoxy) is 1. The zero-order chi connectivity index (χ0) is 12.8. The molecule has 98 valence electrons. The molecule has 1 aromatic rings. The van der Waals surface area contributed by atoms with Crippen molar-refractivity contribution in [2.24, 2.45) is 11.7 Å². The molecular formula is C16H23NO. The number of hydrogen-bond acceptors (Lipinski definition) is 2. The summed E-state index contributed by atoms with van der Waals surface area (Å²) in [6.07, 6.45) is 6.21. The third kappa shape index (κ3) is 1.58. The summed E-state index contributed by atoms with van der Waals surface area (Å²) in [5.74, 6) is 1.68. The van der Waals surface area contributed by atoms with Crippen molar-refractivity contribution in [2.45, 2.75) is 50.5 Å². The average molecular weight is 245 g/mol. The lowest BCUT2D eigenvalue weighted by atomic mass is 9.63. The van der Waals surface area contributed by atoms with Gasteiger partial charge in [-0.3, -0.25) is 0 Å². The van der Waals surface area contributed by atoms with Gasteiger partial charge in [-0.25, -0.2) is 0 Å². The Morgan fingerprint density at radius 3 is 2.94 bits per heavy atom. The van der Waals surface area contributed by atoms with Gasteiger partial charge in [0.15, 0.2) is 0 Å². The Bertz CT molecular complexity index is 456. The smallest absolute Gasteiger partial charge is 0.122 e. The highest BCUT2D eigenvalue weighted by molar-refractivity contribution is 5.47. The summed E-state index contributed by atoms with van der Waals surface area (Å²) in [7, 11) is 1.77. The van der Waals surface area contributed by atoms with Gasteiger partial charge in [0, 0.05) is 11.5 Å². The van der Waals surface area contributed by atoms with E-state index in [1.165, 1.54) is 36.8 Å². The van der Waals surface area contributed by atoms with E-state index in [4.69, 9.17) is 10.5 Å². The van der Waals surface area contributed by atoms with Crippen molar-refractivity contribution < 1.29 is 4.74 Å². The molecule has 3 unspecified atom stereocenters. The van der Waals surface area contributed by atoms with Crippen molar-refractivity contribution >= 4 is 0 Å². The molecular weight excluding hydrogens is 222 g/mol. The quantitative estimate of drug-likeness (QED) is 0.825. The minimum atomic E-state index is 0.142. The van der Waals surface area contributed by atoms with Crippen LogP contribution in [0.2, 0.25) is 0 Å². The molecule has 2 heteroatoms. The Labute approximate surface area is 110 Å². The van der Waals surface area contributed by atoms with Crippen LogP contribution in [-0.2, 0) is 11.8 Å². The van der Waals surface area contributed by atoms with Crippen molar-refractivity contribution in [3.05, 3.63) is 29.3 Å². The van der Waals surface area contributed by atoms with Crippen LogP contribution in [0.3, 0.4) is 0 Å². The van der Waals surface area contributed by atoms with Gasteiger partial charge in [0.05, 0.1) is 7.11 Å². The number of hydrogen-bond donors (Lipinski definition) is 1. The lowest BCUT2D eigenvalue weighted by Crippen LogP contribution is -2.51. The van der Waals surface area contributed by atoms with Gasteiger partial charge in [-0.15, -0.1) is 0 Å². The molecule has 1 fully saturated rings. The fourth-order valence-corrected chi connectivity index (χ4v) is 4.07. The maximum absolute atomic E-state index is 6.58. The summed E-state index contributed by atoms with van der Waals surface area (Å²) in [5.41, 5.74) is 9.58. The van der Waals surface area contributed by atoms with Crippen LogP contribution in [0.4, 0.5) is 0 Å². The first-order valence-corrected chi connectivity index (χ1v) is 7.09. The molecule has 1 saturated carbocycles. The van der Waals surface area contributed by atoms with E-state index in [1.54, 1.807) is 7.11 Å². The molecule has 0 heterocycles. The molecule has 0 aliphatic heterocycles. The molecule has 0 aromatic heterocycles. The van der Waals surface area contributed by atoms with E-state index in [1.807, 2.05) is 0 Å². The predicted molar refractivity (Wildman–Crippen MR) is 74.0 cm³/mol. The number of fused-ring (bicyclic) bond motifs is 4. The molecule has 0 spiro atoms. The molecule has 0 amide bonds. The maximum Gasteiger partial charge on any atom is 0.122 e. The normalized spacial score (nSPS) is 34.6. The van der Waals surface area contributed by atoms with E-state index < -0.39 is 0 Å². The van der Waals surface area contributed by atoms with Gasteiger partial charge in [0.1, 0.15) is 5.75 Å². The standard InChI is InChI=1S/C16H23NO/c1-16-9-4-3-6-11(15(16)17)10-12-13(16)7-5-8-14(12)18-2/h5,7-8,11,15H,3-4,6,9-10,17H2,1-2H3. The van der Waals surface area contributed by atoms with Crippen LogP contribution in [0.1, 0.15) is 43.7 Å². The molecule has 2 N–H and O–H groups in total. The van der Waals surface area contributed by atoms with Gasteiger partial charge in [-0.2, -0.15) is 0 Å². The van der Waals surface area contributed by atoms with Crippen molar-refractivity contribution in [1.29, 1.82) is 0 Å². The second-order valence-corrected chi connectivity index (χ2v) is 6.14. The Morgan fingerprint density at radius 1 is 1.33 bits per heavy atom. The topological polar surface area (TPSA) is 35.2 Å². The fourth-order valence-electron chi connectivity index (χ4n) is 4.07. The van der Waals surface area contributed by atoms with E-state index in [2.05, 4.69) is 25.1 Å². The molecule has 3 rings (SSSR count). The summed E-state index contributed by atoms with van der Waals surface area (Å²) in [6.45, 7) is 2.35. The van der Waals surface area contributed by atoms with E-state index in [0.29, 0.717) is 12.0 Å². The van der Waals surface area contributed by atoms with Gasteiger partial charge in [-0.05, 0) is 42.4 Å². The average Bonchev–Trinajstić information content (AvgIpc) is 2.48. The Hall–Kier alpha value is -1.02. The molecule has 0 radical (unpaired) electrons. The minimum Gasteiger partial charge on any atom is -0.496 e. The maximum atomic E-state index is 6.58. The number of benzene rings is 1. The Kier molecular flexibility index (Phi) is 2.86. The van der Waals surface area contributed by atoms with Crippen LogP contribution >= 0.6 is 0 Å². The summed E-state index contributed by atoms with van der Waals surface area (Å²) < 4.78 is 5.56. The van der Waals surface area contributed by atoms with Crippen LogP contribution in [0, 0.1) is 5.92 Å². The largest absolute Gasteiger partial charge is 0.496 e. The summed E-state index contributed by atoms with van der Waals surface area (Å²) in [6, 6.07) is 6.77. The summed E-state index contributed by atoms with van der Waals surface area (Å²) in [4.78, 5) is 0. The third-order valence-corrected chi connectivity index (χ3v) is 5.20. The van der Waals surface area contributed by atoms with Crippen LogP contribution in [-0.4, -0.2) is 13.2 Å². The molecule has 18 heavy (non-hydrogen) atoms. The van der Waals surface area contributed by atoms with Gasteiger partial charge in [0.25, 0.3) is 0 Å². The zero-order valence-corrected chi connectivity index (χ0v) is 11.4. The van der Waals surface area contributed by atoms with E-state index in [-0.39, 0.29) is 5.41 Å².